The maximum Gasteiger partial charge on any atom is 0.350 e. The van der Waals surface area contributed by atoms with Gasteiger partial charge in [-0.25, -0.2) is 14.0 Å². The monoisotopic (exact) mass is 342 g/mol. The summed E-state index contributed by atoms with van der Waals surface area (Å²) < 4.78 is 2.92. The Kier molecular flexibility index (Phi) is 4.83. The Labute approximate surface area is 145 Å². The standard InChI is InChI=1S/C18H22N4O3/c1-3-15(23)17(24)21-11-7-8-13(12-21)16-19-20(2)18(25)22(16)14-9-5-4-6-10-14/h4-6,9-10,13H,3,7-8,11-12H2,1-2H3/t13-/m1/s1. The first-order valence-electron chi connectivity index (χ1n) is 8.56. The van der Waals surface area contributed by atoms with Crippen molar-refractivity contribution in [2.75, 3.05) is 13.1 Å². The molecule has 0 spiro atoms. The molecule has 1 aliphatic heterocycles. The molecule has 1 fully saturated rings. The van der Waals surface area contributed by atoms with Gasteiger partial charge in [-0.15, -0.1) is 0 Å². The van der Waals surface area contributed by atoms with E-state index in [0.717, 1.165) is 18.5 Å². The fourth-order valence-corrected chi connectivity index (χ4v) is 3.27. The van der Waals surface area contributed by atoms with Gasteiger partial charge in [0.05, 0.1) is 5.69 Å². The van der Waals surface area contributed by atoms with Crippen molar-refractivity contribution < 1.29 is 9.59 Å². The number of hydrogen-bond acceptors (Lipinski definition) is 4. The molecule has 1 saturated heterocycles. The summed E-state index contributed by atoms with van der Waals surface area (Å²) in [5, 5.41) is 4.41. The third kappa shape index (κ3) is 3.26. The number of aryl methyl sites for hydroxylation is 1. The second-order valence-electron chi connectivity index (χ2n) is 6.30. The zero-order valence-corrected chi connectivity index (χ0v) is 14.5. The number of aromatic nitrogens is 3. The predicted molar refractivity (Wildman–Crippen MR) is 92.7 cm³/mol. The van der Waals surface area contributed by atoms with Gasteiger partial charge in [0, 0.05) is 32.5 Å². The van der Waals surface area contributed by atoms with Gasteiger partial charge in [-0.2, -0.15) is 5.10 Å². The lowest BCUT2D eigenvalue weighted by atomic mass is 9.96. The van der Waals surface area contributed by atoms with Crippen LogP contribution in [0, 0.1) is 0 Å². The third-order valence-electron chi connectivity index (χ3n) is 4.60. The molecule has 7 nitrogen and oxygen atoms in total. The molecule has 1 atom stereocenters. The molecule has 0 radical (unpaired) electrons. The van der Waals surface area contributed by atoms with Crippen LogP contribution in [0.5, 0.6) is 0 Å². The van der Waals surface area contributed by atoms with Crippen LogP contribution < -0.4 is 5.69 Å². The minimum atomic E-state index is -0.434. The molecule has 1 aromatic carbocycles. The van der Waals surface area contributed by atoms with Crippen molar-refractivity contribution in [3.05, 3.63) is 46.6 Å². The lowest BCUT2D eigenvalue weighted by molar-refractivity contribution is -0.145. The van der Waals surface area contributed by atoms with E-state index in [1.807, 2.05) is 30.3 Å². The van der Waals surface area contributed by atoms with Crippen molar-refractivity contribution in [1.29, 1.82) is 0 Å². The molecule has 1 amide bonds. The number of nitrogens with zero attached hydrogens (tertiary/aromatic N) is 4. The lowest BCUT2D eigenvalue weighted by Crippen LogP contribution is -2.43. The van der Waals surface area contributed by atoms with Crippen LogP contribution in [0.4, 0.5) is 0 Å². The van der Waals surface area contributed by atoms with E-state index in [1.54, 1.807) is 23.4 Å². The minimum absolute atomic E-state index is 0.0727. The highest BCUT2D eigenvalue weighted by Gasteiger charge is 2.31. The summed E-state index contributed by atoms with van der Waals surface area (Å²) >= 11 is 0. The van der Waals surface area contributed by atoms with Gasteiger partial charge in [-0.05, 0) is 25.0 Å². The summed E-state index contributed by atoms with van der Waals surface area (Å²) in [4.78, 5) is 38.1. The van der Waals surface area contributed by atoms with Crippen LogP contribution in [0.2, 0.25) is 0 Å². The molecule has 0 N–H and O–H groups in total. The largest absolute Gasteiger partial charge is 0.350 e. The molecular formula is C18H22N4O3. The number of rotatable bonds is 4. The Bertz CT molecular complexity index is 838. The number of hydrogen-bond donors (Lipinski definition) is 0. The van der Waals surface area contributed by atoms with Gasteiger partial charge in [0.25, 0.3) is 5.91 Å². The number of piperidine rings is 1. The van der Waals surface area contributed by atoms with Crippen molar-refractivity contribution in [2.45, 2.75) is 32.1 Å². The Morgan fingerprint density at radius 2 is 1.96 bits per heavy atom. The van der Waals surface area contributed by atoms with Crippen LogP contribution in [0.15, 0.2) is 35.1 Å². The third-order valence-corrected chi connectivity index (χ3v) is 4.60. The summed E-state index contributed by atoms with van der Waals surface area (Å²) in [5.41, 5.74) is 0.540. The molecule has 0 aliphatic carbocycles. The highest BCUT2D eigenvalue weighted by atomic mass is 16.2. The van der Waals surface area contributed by atoms with Gasteiger partial charge in [-0.3, -0.25) is 9.59 Å². The molecule has 7 heteroatoms. The first-order valence-corrected chi connectivity index (χ1v) is 8.56. The van der Waals surface area contributed by atoms with Crippen LogP contribution in [-0.2, 0) is 16.6 Å². The molecule has 0 saturated carbocycles. The van der Waals surface area contributed by atoms with Crippen molar-refractivity contribution >= 4 is 11.7 Å². The minimum Gasteiger partial charge on any atom is -0.335 e. The SMILES string of the molecule is CCC(=O)C(=O)N1CCC[C@@H](c2nn(C)c(=O)n2-c2ccccc2)C1. The van der Waals surface area contributed by atoms with Crippen LogP contribution in [-0.4, -0.2) is 44.0 Å². The van der Waals surface area contributed by atoms with Crippen LogP contribution >= 0.6 is 0 Å². The smallest absolute Gasteiger partial charge is 0.335 e. The van der Waals surface area contributed by atoms with Gasteiger partial charge in [0.15, 0.2) is 0 Å². The second-order valence-corrected chi connectivity index (χ2v) is 6.30. The van der Waals surface area contributed by atoms with E-state index in [1.165, 1.54) is 4.68 Å². The molecule has 3 rings (SSSR count). The molecule has 1 aliphatic rings. The maximum atomic E-state index is 12.5. The topological polar surface area (TPSA) is 77.2 Å². The number of ketones is 1. The number of benzene rings is 1. The van der Waals surface area contributed by atoms with E-state index in [-0.39, 0.29) is 23.8 Å². The van der Waals surface area contributed by atoms with E-state index >= 15 is 0 Å². The van der Waals surface area contributed by atoms with Crippen LogP contribution in [0.1, 0.15) is 37.9 Å². The van der Waals surface area contributed by atoms with E-state index in [9.17, 15) is 14.4 Å². The van der Waals surface area contributed by atoms with Crippen molar-refractivity contribution in [2.24, 2.45) is 7.05 Å². The Hall–Kier alpha value is -2.70. The zero-order valence-electron chi connectivity index (χ0n) is 14.5. The van der Waals surface area contributed by atoms with Gasteiger partial charge >= 0.3 is 5.69 Å². The molecular weight excluding hydrogens is 320 g/mol. The average molecular weight is 342 g/mol. The van der Waals surface area contributed by atoms with E-state index in [0.29, 0.717) is 18.9 Å². The van der Waals surface area contributed by atoms with Crippen molar-refractivity contribution in [3.8, 4) is 5.69 Å². The van der Waals surface area contributed by atoms with Gasteiger partial charge in [0.2, 0.25) is 5.78 Å². The first-order chi connectivity index (χ1) is 12.0. The van der Waals surface area contributed by atoms with Gasteiger partial charge in [0.1, 0.15) is 5.82 Å². The summed E-state index contributed by atoms with van der Waals surface area (Å²) in [6.45, 7) is 2.67. The highest BCUT2D eigenvalue weighted by Crippen LogP contribution is 2.26. The molecule has 132 valence electrons. The summed E-state index contributed by atoms with van der Waals surface area (Å²) in [7, 11) is 1.62. The average Bonchev–Trinajstić information content (AvgIpc) is 2.96. The normalized spacial score (nSPS) is 17.5. The lowest BCUT2D eigenvalue weighted by Gasteiger charge is -2.31. The number of carbonyl (C=O) groups is 2. The molecule has 2 aromatic rings. The molecule has 0 bridgehead atoms. The first kappa shape index (κ1) is 17.1. The summed E-state index contributed by atoms with van der Waals surface area (Å²) in [6, 6.07) is 9.35. The quantitative estimate of drug-likeness (QED) is 0.784. The van der Waals surface area contributed by atoms with E-state index in [4.69, 9.17) is 0 Å². The summed E-state index contributed by atoms with van der Waals surface area (Å²) in [5.74, 6) is -0.240. The fraction of sp³-hybridized carbons (Fsp3) is 0.444. The predicted octanol–water partition coefficient (Wildman–Crippen LogP) is 1.26. The van der Waals surface area contributed by atoms with E-state index < -0.39 is 5.91 Å². The number of amides is 1. The summed E-state index contributed by atoms with van der Waals surface area (Å²) in [6.07, 6.45) is 1.82. The zero-order chi connectivity index (χ0) is 18.0. The molecule has 2 heterocycles. The second kappa shape index (κ2) is 7.04. The van der Waals surface area contributed by atoms with Crippen LogP contribution in [0.25, 0.3) is 5.69 Å². The van der Waals surface area contributed by atoms with Gasteiger partial charge < -0.3 is 4.90 Å². The number of likely N-dealkylation sites (tertiary alicyclic amines) is 1. The number of para-hydroxylation sites is 1. The van der Waals surface area contributed by atoms with Crippen LogP contribution in [0.3, 0.4) is 0 Å². The Morgan fingerprint density at radius 3 is 2.64 bits per heavy atom. The Balaban J connectivity index is 1.94. The maximum absolute atomic E-state index is 12.5. The Morgan fingerprint density at radius 1 is 1.24 bits per heavy atom. The van der Waals surface area contributed by atoms with Crippen molar-refractivity contribution in [1.82, 2.24) is 19.2 Å². The number of carbonyl (C=O) groups excluding carboxylic acids is 2. The fourth-order valence-electron chi connectivity index (χ4n) is 3.27. The number of Topliss-reactive ketones (excluding diaryl/α,β-unsaturated/α-hetero) is 1. The highest BCUT2D eigenvalue weighted by molar-refractivity contribution is 6.35. The van der Waals surface area contributed by atoms with E-state index in [2.05, 4.69) is 5.10 Å². The van der Waals surface area contributed by atoms with Gasteiger partial charge in [-0.1, -0.05) is 25.1 Å². The molecule has 25 heavy (non-hydrogen) atoms. The molecule has 1 aromatic heterocycles. The van der Waals surface area contributed by atoms with Crippen molar-refractivity contribution in [3.63, 3.8) is 0 Å². The molecule has 0 unspecified atom stereocenters.